The lowest BCUT2D eigenvalue weighted by molar-refractivity contribution is -0.134. The zero-order valence-corrected chi connectivity index (χ0v) is 19.6. The highest BCUT2D eigenvalue weighted by molar-refractivity contribution is 6.00. The molecule has 0 saturated heterocycles. The lowest BCUT2D eigenvalue weighted by atomic mass is 9.91. The lowest BCUT2D eigenvalue weighted by Gasteiger charge is -2.44. The number of benzene rings is 1. The number of hydrogen-bond acceptors (Lipinski definition) is 5. The molecule has 1 aromatic carbocycles. The van der Waals surface area contributed by atoms with Gasteiger partial charge < -0.3 is 19.4 Å². The van der Waals surface area contributed by atoms with Gasteiger partial charge in [-0.15, -0.1) is 0 Å². The van der Waals surface area contributed by atoms with Crippen molar-refractivity contribution < 1.29 is 18.7 Å². The van der Waals surface area contributed by atoms with Crippen LogP contribution in [0.3, 0.4) is 0 Å². The molecule has 1 N–H and O–H groups in total. The van der Waals surface area contributed by atoms with Crippen molar-refractivity contribution in [2.45, 2.75) is 63.7 Å². The number of nitrogens with zero attached hydrogens (tertiary/aromatic N) is 3. The van der Waals surface area contributed by atoms with Crippen LogP contribution in [0, 0.1) is 0 Å². The van der Waals surface area contributed by atoms with Crippen LogP contribution < -0.4 is 10.1 Å². The monoisotopic (exact) mass is 462 g/mol. The van der Waals surface area contributed by atoms with Crippen molar-refractivity contribution >= 4 is 11.8 Å². The predicted octanol–water partition coefficient (Wildman–Crippen LogP) is 4.02. The molecule has 3 aromatic rings. The molecule has 1 aliphatic heterocycles. The third kappa shape index (κ3) is 4.08. The van der Waals surface area contributed by atoms with Gasteiger partial charge in [0.2, 0.25) is 5.91 Å². The predicted molar refractivity (Wildman–Crippen MR) is 126 cm³/mol. The molecule has 8 nitrogen and oxygen atoms in total. The van der Waals surface area contributed by atoms with Crippen molar-refractivity contribution in [2.24, 2.45) is 0 Å². The number of carbonyl (C=O) groups is 2. The van der Waals surface area contributed by atoms with E-state index in [9.17, 15) is 9.59 Å². The molecule has 8 heteroatoms. The number of amides is 2. The largest absolute Gasteiger partial charge is 0.497 e. The van der Waals surface area contributed by atoms with Gasteiger partial charge >= 0.3 is 0 Å². The number of ether oxygens (including phenoxy) is 1. The van der Waals surface area contributed by atoms with E-state index in [0.717, 1.165) is 31.2 Å². The molecule has 0 spiro atoms. The molecular weight excluding hydrogens is 432 g/mol. The van der Waals surface area contributed by atoms with Crippen LogP contribution in [-0.4, -0.2) is 45.2 Å². The molecule has 2 amide bonds. The molecule has 1 saturated carbocycles. The molecule has 1 fully saturated rings. The Morgan fingerprint density at radius 1 is 1.21 bits per heavy atom. The number of fused-ring (bicyclic) bond motifs is 1. The summed E-state index contributed by atoms with van der Waals surface area (Å²) in [7, 11) is 1.61. The van der Waals surface area contributed by atoms with Crippen LogP contribution in [0.5, 0.6) is 5.75 Å². The Bertz CT molecular complexity index is 1180. The Morgan fingerprint density at radius 3 is 2.76 bits per heavy atom. The Morgan fingerprint density at radius 2 is 2.03 bits per heavy atom. The Labute approximate surface area is 198 Å². The van der Waals surface area contributed by atoms with E-state index in [1.165, 1.54) is 6.42 Å². The fraction of sp³-hybridized carbons (Fsp3) is 0.423. The normalized spacial score (nSPS) is 20.8. The molecule has 2 aromatic heterocycles. The van der Waals surface area contributed by atoms with Gasteiger partial charge in [-0.25, -0.2) is 0 Å². The van der Waals surface area contributed by atoms with E-state index in [2.05, 4.69) is 10.4 Å². The van der Waals surface area contributed by atoms with Crippen LogP contribution in [0.15, 0.2) is 53.1 Å². The second kappa shape index (κ2) is 9.00. The first-order chi connectivity index (χ1) is 16.5. The maximum atomic E-state index is 13.8. The molecule has 1 aliphatic carbocycles. The van der Waals surface area contributed by atoms with Gasteiger partial charge in [-0.2, -0.15) is 5.10 Å². The molecule has 2 aliphatic rings. The highest BCUT2D eigenvalue weighted by Gasteiger charge is 2.48. The minimum absolute atomic E-state index is 0.142. The summed E-state index contributed by atoms with van der Waals surface area (Å²) in [5.41, 5.74) is 0.810. The Hall–Kier alpha value is -3.55. The molecule has 1 unspecified atom stereocenters. The molecule has 34 heavy (non-hydrogen) atoms. The van der Waals surface area contributed by atoms with E-state index in [-0.39, 0.29) is 30.9 Å². The molecular formula is C26H30N4O4. The smallest absolute Gasteiger partial charge is 0.273 e. The molecule has 0 radical (unpaired) electrons. The van der Waals surface area contributed by atoms with Gasteiger partial charge in [-0.1, -0.05) is 31.4 Å². The van der Waals surface area contributed by atoms with Crippen LogP contribution in [0.2, 0.25) is 0 Å². The summed E-state index contributed by atoms with van der Waals surface area (Å²) in [6.07, 6.45) is 6.96. The van der Waals surface area contributed by atoms with Crippen LogP contribution >= 0.6 is 0 Å². The summed E-state index contributed by atoms with van der Waals surface area (Å²) in [5.74, 6) is 0.917. The average Bonchev–Trinajstić information content (AvgIpc) is 3.53. The van der Waals surface area contributed by atoms with Crippen LogP contribution in [0.25, 0.3) is 11.5 Å². The zero-order valence-electron chi connectivity index (χ0n) is 19.6. The average molecular weight is 463 g/mol. The summed E-state index contributed by atoms with van der Waals surface area (Å²) >= 11 is 0. The van der Waals surface area contributed by atoms with Crippen molar-refractivity contribution in [3.8, 4) is 17.2 Å². The van der Waals surface area contributed by atoms with E-state index in [4.69, 9.17) is 9.15 Å². The van der Waals surface area contributed by atoms with Crippen LogP contribution in [-0.2, 0) is 17.9 Å². The van der Waals surface area contributed by atoms with Gasteiger partial charge in [-0.05, 0) is 49.6 Å². The van der Waals surface area contributed by atoms with Crippen LogP contribution in [0.4, 0.5) is 0 Å². The first kappa shape index (κ1) is 22.3. The highest BCUT2D eigenvalue weighted by Crippen LogP contribution is 2.32. The SMILES string of the molecule is COc1cccc(CN2C(=O)c3cc(-c4ccco4)nn3CC2(C)C(=O)NC2CCCCC2)c1. The number of carbonyl (C=O) groups excluding carboxylic acids is 2. The maximum Gasteiger partial charge on any atom is 0.273 e. The first-order valence-electron chi connectivity index (χ1n) is 11.9. The number of furan rings is 1. The van der Waals surface area contributed by atoms with Gasteiger partial charge in [-0.3, -0.25) is 14.3 Å². The fourth-order valence-corrected chi connectivity index (χ4v) is 4.98. The van der Waals surface area contributed by atoms with Gasteiger partial charge in [0.15, 0.2) is 5.76 Å². The van der Waals surface area contributed by atoms with Gasteiger partial charge in [0, 0.05) is 18.7 Å². The summed E-state index contributed by atoms with van der Waals surface area (Å²) in [5, 5.41) is 7.85. The van der Waals surface area contributed by atoms with Crippen molar-refractivity contribution in [1.29, 1.82) is 0 Å². The van der Waals surface area contributed by atoms with Crippen molar-refractivity contribution in [3.63, 3.8) is 0 Å². The van der Waals surface area contributed by atoms with E-state index in [0.29, 0.717) is 22.9 Å². The summed E-state index contributed by atoms with van der Waals surface area (Å²) < 4.78 is 12.5. The van der Waals surface area contributed by atoms with E-state index < -0.39 is 5.54 Å². The number of hydrogen-bond donors (Lipinski definition) is 1. The zero-order chi connectivity index (χ0) is 23.7. The molecule has 178 valence electrons. The summed E-state index contributed by atoms with van der Waals surface area (Å²) in [6, 6.07) is 13.1. The number of nitrogens with one attached hydrogen (secondary N) is 1. The topological polar surface area (TPSA) is 89.6 Å². The van der Waals surface area contributed by atoms with E-state index >= 15 is 0 Å². The van der Waals surface area contributed by atoms with Gasteiger partial charge in [0.05, 0.1) is 19.9 Å². The quantitative estimate of drug-likeness (QED) is 0.598. The third-order valence-electron chi connectivity index (χ3n) is 6.98. The van der Waals surface area contributed by atoms with E-state index in [1.54, 1.807) is 35.1 Å². The molecule has 5 rings (SSSR count). The lowest BCUT2D eigenvalue weighted by Crippen LogP contribution is -2.64. The number of aromatic nitrogens is 2. The first-order valence-corrected chi connectivity index (χ1v) is 11.9. The summed E-state index contributed by atoms with van der Waals surface area (Å²) in [6.45, 7) is 2.38. The highest BCUT2D eigenvalue weighted by atomic mass is 16.5. The number of rotatable bonds is 6. The minimum Gasteiger partial charge on any atom is -0.497 e. The molecule has 0 bridgehead atoms. The standard InChI is InChI=1S/C26H30N4O4/c1-26(25(32)27-19-9-4-3-5-10-19)17-30-22(15-21(28-30)23-12-7-13-34-23)24(31)29(26)16-18-8-6-11-20(14-18)33-2/h6-8,11-15,19H,3-5,9-10,16-17H2,1-2H3,(H,27,32). The molecule has 3 heterocycles. The van der Waals surface area contributed by atoms with Crippen molar-refractivity contribution in [1.82, 2.24) is 20.0 Å². The number of methoxy groups -OCH3 is 1. The van der Waals surface area contributed by atoms with Gasteiger partial charge in [0.1, 0.15) is 22.7 Å². The fourth-order valence-electron chi connectivity index (χ4n) is 4.98. The van der Waals surface area contributed by atoms with Crippen molar-refractivity contribution in [2.75, 3.05) is 7.11 Å². The van der Waals surface area contributed by atoms with Crippen LogP contribution in [0.1, 0.15) is 55.1 Å². The van der Waals surface area contributed by atoms with Crippen molar-refractivity contribution in [3.05, 3.63) is 60.0 Å². The van der Waals surface area contributed by atoms with Gasteiger partial charge in [0.25, 0.3) is 5.91 Å². The maximum absolute atomic E-state index is 13.8. The van der Waals surface area contributed by atoms with E-state index in [1.807, 2.05) is 37.3 Å². The Balaban J connectivity index is 1.50. The Kier molecular flexibility index (Phi) is 5.89. The second-order valence-electron chi connectivity index (χ2n) is 9.37. The minimum atomic E-state index is -1.10. The summed E-state index contributed by atoms with van der Waals surface area (Å²) in [4.78, 5) is 29.2. The third-order valence-corrected chi connectivity index (χ3v) is 6.98. The second-order valence-corrected chi connectivity index (χ2v) is 9.37. The molecule has 1 atom stereocenters.